The number of aliphatic hydroxyl groups is 3. The first-order chi connectivity index (χ1) is 16.0. The van der Waals surface area contributed by atoms with Crippen molar-refractivity contribution in [1.82, 2.24) is 10.6 Å². The molecular formula is C22H30ClF3N2O6S. The molecular weight excluding hydrogens is 513 g/mol. The molecule has 1 heterocycles. The summed E-state index contributed by atoms with van der Waals surface area (Å²) in [6.45, 7) is 5.58. The van der Waals surface area contributed by atoms with Gasteiger partial charge in [0.25, 0.3) is 5.91 Å². The van der Waals surface area contributed by atoms with Crippen molar-refractivity contribution >= 4 is 35.2 Å². The van der Waals surface area contributed by atoms with Gasteiger partial charge in [0.15, 0.2) is 6.10 Å². The van der Waals surface area contributed by atoms with E-state index < -0.39 is 65.3 Å². The number of thioether (sulfide) groups is 1. The van der Waals surface area contributed by atoms with Crippen LogP contribution < -0.4 is 10.6 Å². The number of hydrogen-bond acceptors (Lipinski definition) is 7. The molecule has 0 aromatic heterocycles. The molecule has 0 spiro atoms. The Morgan fingerprint density at radius 1 is 1.29 bits per heavy atom. The van der Waals surface area contributed by atoms with Crippen molar-refractivity contribution < 1.29 is 42.8 Å². The largest absolute Gasteiger partial charge is 0.416 e. The Hall–Kier alpha value is -1.57. The number of hydrogen-bond donors (Lipinski definition) is 5. The van der Waals surface area contributed by atoms with Crippen LogP contribution >= 0.6 is 23.4 Å². The van der Waals surface area contributed by atoms with Crippen LogP contribution in [-0.4, -0.2) is 87.9 Å². The summed E-state index contributed by atoms with van der Waals surface area (Å²) in [5.74, 6) is -1.73. The van der Waals surface area contributed by atoms with Gasteiger partial charge in [0, 0.05) is 17.9 Å². The molecule has 0 bridgehead atoms. The molecule has 1 fully saturated rings. The van der Waals surface area contributed by atoms with Crippen molar-refractivity contribution in [2.75, 3.05) is 12.9 Å². The fourth-order valence-electron chi connectivity index (χ4n) is 3.39. The first-order valence-corrected chi connectivity index (χ1v) is 12.1. The Kier molecular flexibility index (Phi) is 9.88. The molecule has 2 amide bonds. The molecule has 2 aliphatic rings. The van der Waals surface area contributed by atoms with Crippen molar-refractivity contribution in [3.05, 3.63) is 34.9 Å². The number of carbonyl (C=O) groups is 2. The van der Waals surface area contributed by atoms with Crippen LogP contribution in [-0.2, 0) is 14.3 Å². The van der Waals surface area contributed by atoms with Crippen molar-refractivity contribution in [3.8, 4) is 0 Å². The fourth-order valence-corrected chi connectivity index (χ4v) is 5.05. The first kappa shape index (κ1) is 29.7. The van der Waals surface area contributed by atoms with Crippen molar-refractivity contribution in [2.45, 2.75) is 68.7 Å². The molecule has 0 aromatic carbocycles. The quantitative estimate of drug-likeness (QED) is 0.308. The lowest BCUT2D eigenvalue weighted by Gasteiger charge is -2.28. The molecule has 198 valence electrons. The molecule has 1 aliphatic heterocycles. The molecule has 13 heteroatoms. The molecule has 2 rings (SSSR count). The van der Waals surface area contributed by atoms with E-state index in [1.54, 1.807) is 6.08 Å². The van der Waals surface area contributed by atoms with E-state index in [0.29, 0.717) is 0 Å². The van der Waals surface area contributed by atoms with Crippen LogP contribution in [0.3, 0.4) is 0 Å². The maximum atomic E-state index is 13.1. The summed E-state index contributed by atoms with van der Waals surface area (Å²) in [5, 5.41) is 34.9. The lowest BCUT2D eigenvalue weighted by molar-refractivity contribution is -0.150. The van der Waals surface area contributed by atoms with E-state index in [1.807, 2.05) is 20.8 Å². The SMILES string of the molecule is CO[C@@H](C(=O)N[C@H]1CSC2C(Cl)=CC(C(F)(F)F)=CC2NC1=O)[C@H](O)[C@@H](O)[C@H](O)/C=C/C(C)(C)C. The predicted molar refractivity (Wildman–Crippen MR) is 126 cm³/mol. The van der Waals surface area contributed by atoms with Gasteiger partial charge in [0.2, 0.25) is 5.91 Å². The Bertz CT molecular complexity index is 889. The van der Waals surface area contributed by atoms with E-state index in [1.165, 1.54) is 6.08 Å². The van der Waals surface area contributed by atoms with Crippen LogP contribution in [0.5, 0.6) is 0 Å². The summed E-state index contributed by atoms with van der Waals surface area (Å²) >= 11 is 7.13. The van der Waals surface area contributed by atoms with Gasteiger partial charge in [-0.2, -0.15) is 13.2 Å². The Morgan fingerprint density at radius 3 is 2.46 bits per heavy atom. The molecule has 7 atom stereocenters. The number of alkyl halides is 3. The van der Waals surface area contributed by atoms with E-state index in [0.717, 1.165) is 31.0 Å². The number of halogens is 4. The van der Waals surface area contributed by atoms with Gasteiger partial charge in [0.05, 0.1) is 16.9 Å². The predicted octanol–water partition coefficient (Wildman–Crippen LogP) is 1.40. The van der Waals surface area contributed by atoms with Gasteiger partial charge < -0.3 is 30.7 Å². The van der Waals surface area contributed by atoms with Crippen LogP contribution in [0, 0.1) is 5.41 Å². The standard InChI is InChI=1S/C22H30ClF3N2O6S/c1-21(2,3)6-5-14(29)15(30)16(31)17(34-4)20(33)28-13-9-35-18-11(23)7-10(22(24,25)26)8-12(18)27-19(13)32/h5-8,12-18,29-31H,9H2,1-4H3,(H,27,32)(H,28,33)/b6-5+/t12?,13-,14+,15-,16+,17+,18?/m0/s1. The first-order valence-electron chi connectivity index (χ1n) is 10.7. The third kappa shape index (κ3) is 7.96. The zero-order chi connectivity index (χ0) is 26.7. The summed E-state index contributed by atoms with van der Waals surface area (Å²) in [6.07, 6.45) is -6.83. The van der Waals surface area contributed by atoms with Gasteiger partial charge in [-0.1, -0.05) is 44.5 Å². The Labute approximate surface area is 210 Å². The number of amides is 2. The van der Waals surface area contributed by atoms with Crippen LogP contribution in [0.4, 0.5) is 13.2 Å². The van der Waals surface area contributed by atoms with Gasteiger partial charge >= 0.3 is 6.18 Å². The Balaban J connectivity index is 2.10. The second kappa shape index (κ2) is 11.7. The van der Waals surface area contributed by atoms with Crippen molar-refractivity contribution in [3.63, 3.8) is 0 Å². The zero-order valence-corrected chi connectivity index (χ0v) is 21.1. The van der Waals surface area contributed by atoms with Crippen molar-refractivity contribution in [1.29, 1.82) is 0 Å². The highest BCUT2D eigenvalue weighted by Crippen LogP contribution is 2.38. The van der Waals surface area contributed by atoms with Crippen LogP contribution in [0.2, 0.25) is 0 Å². The van der Waals surface area contributed by atoms with Crippen molar-refractivity contribution in [2.24, 2.45) is 5.41 Å². The number of rotatable bonds is 7. The molecule has 0 saturated carbocycles. The smallest absolute Gasteiger partial charge is 0.387 e. The highest BCUT2D eigenvalue weighted by molar-refractivity contribution is 8.00. The maximum Gasteiger partial charge on any atom is 0.416 e. The summed E-state index contributed by atoms with van der Waals surface area (Å²) in [7, 11) is 1.10. The number of allylic oxidation sites excluding steroid dienone is 3. The van der Waals surface area contributed by atoms with E-state index in [2.05, 4.69) is 10.6 Å². The van der Waals surface area contributed by atoms with E-state index in [9.17, 15) is 38.1 Å². The van der Waals surface area contributed by atoms with Gasteiger partial charge in [-0.15, -0.1) is 11.8 Å². The highest BCUT2D eigenvalue weighted by Gasteiger charge is 2.42. The lowest BCUT2D eigenvalue weighted by Crippen LogP contribution is -2.56. The molecule has 0 radical (unpaired) electrons. The van der Waals surface area contributed by atoms with Gasteiger partial charge in [-0.05, 0) is 17.6 Å². The Morgan fingerprint density at radius 2 is 1.91 bits per heavy atom. The average molecular weight is 543 g/mol. The minimum Gasteiger partial charge on any atom is -0.387 e. The maximum absolute atomic E-state index is 13.1. The topological polar surface area (TPSA) is 128 Å². The summed E-state index contributed by atoms with van der Waals surface area (Å²) < 4.78 is 44.4. The summed E-state index contributed by atoms with van der Waals surface area (Å²) in [6, 6.07) is -2.23. The average Bonchev–Trinajstić information content (AvgIpc) is 2.89. The molecule has 1 saturated heterocycles. The van der Waals surface area contributed by atoms with E-state index in [-0.39, 0.29) is 16.2 Å². The van der Waals surface area contributed by atoms with Crippen LogP contribution in [0.25, 0.3) is 0 Å². The normalized spacial score (nSPS) is 27.1. The number of methoxy groups -OCH3 is 1. The molecule has 8 nitrogen and oxygen atoms in total. The van der Waals surface area contributed by atoms with Crippen LogP contribution in [0.1, 0.15) is 20.8 Å². The minimum atomic E-state index is -4.64. The van der Waals surface area contributed by atoms with Gasteiger partial charge in [-0.25, -0.2) is 0 Å². The molecule has 1 aliphatic carbocycles. The number of aliphatic hydroxyl groups excluding tert-OH is 3. The number of fused-ring (bicyclic) bond motifs is 1. The van der Waals surface area contributed by atoms with E-state index in [4.69, 9.17) is 16.3 Å². The monoisotopic (exact) mass is 542 g/mol. The number of carbonyl (C=O) groups excluding carboxylic acids is 2. The van der Waals surface area contributed by atoms with Crippen LogP contribution in [0.15, 0.2) is 34.9 Å². The summed E-state index contributed by atoms with van der Waals surface area (Å²) in [4.78, 5) is 25.4. The van der Waals surface area contributed by atoms with Gasteiger partial charge in [0.1, 0.15) is 24.4 Å². The summed E-state index contributed by atoms with van der Waals surface area (Å²) in [5.41, 5.74) is -1.29. The molecule has 5 N–H and O–H groups in total. The third-order valence-electron chi connectivity index (χ3n) is 5.28. The number of ether oxygens (including phenoxy) is 1. The molecule has 2 unspecified atom stereocenters. The fraction of sp³-hybridized carbons (Fsp3) is 0.636. The lowest BCUT2D eigenvalue weighted by atomic mass is 9.94. The highest BCUT2D eigenvalue weighted by atomic mass is 35.5. The zero-order valence-electron chi connectivity index (χ0n) is 19.5. The molecule has 35 heavy (non-hydrogen) atoms. The number of nitrogens with one attached hydrogen (secondary N) is 2. The second-order valence-corrected chi connectivity index (χ2v) is 11.0. The van der Waals surface area contributed by atoms with E-state index >= 15 is 0 Å². The molecule has 0 aromatic rings. The second-order valence-electron chi connectivity index (χ2n) is 9.35. The third-order valence-corrected chi connectivity index (χ3v) is 7.18. The minimum absolute atomic E-state index is 0.0238. The van der Waals surface area contributed by atoms with Gasteiger partial charge in [-0.3, -0.25) is 9.59 Å².